The Kier molecular flexibility index (Phi) is 4.14. The highest BCUT2D eigenvalue weighted by Crippen LogP contribution is 2.45. The number of H-pyrrole nitrogens is 1. The Morgan fingerprint density at radius 1 is 0.800 bits per heavy atom. The molecule has 146 valence electrons. The second-order valence-electron chi connectivity index (χ2n) is 7.73. The van der Waals surface area contributed by atoms with Crippen LogP contribution in [0.2, 0.25) is 0 Å². The van der Waals surface area contributed by atoms with Gasteiger partial charge in [-0.3, -0.25) is 10.1 Å². The van der Waals surface area contributed by atoms with Gasteiger partial charge in [-0.2, -0.15) is 0 Å². The lowest BCUT2D eigenvalue weighted by Crippen LogP contribution is -1.95. The van der Waals surface area contributed by atoms with Crippen LogP contribution in [0, 0.1) is 24.0 Å². The first kappa shape index (κ1) is 18.1. The van der Waals surface area contributed by atoms with Crippen molar-refractivity contribution in [1.29, 1.82) is 0 Å². The van der Waals surface area contributed by atoms with Crippen molar-refractivity contribution < 1.29 is 4.92 Å². The molecular weight excluding hydrogens is 372 g/mol. The average molecular weight is 392 g/mol. The number of para-hydroxylation sites is 1. The Morgan fingerprint density at radius 3 is 2.03 bits per heavy atom. The molecule has 0 fully saturated rings. The van der Waals surface area contributed by atoms with E-state index in [1.165, 1.54) is 0 Å². The third kappa shape index (κ3) is 2.85. The molecule has 0 bridgehead atoms. The molecule has 4 heteroatoms. The minimum Gasteiger partial charge on any atom is -0.354 e. The van der Waals surface area contributed by atoms with Crippen LogP contribution in [0.15, 0.2) is 78.9 Å². The SMILES string of the molecule is Cc1ccc(-c2cc([N+](=O)[O-])c(-c3ccc(C)cc3)c3c2[nH]c2ccccc23)cc1. The van der Waals surface area contributed by atoms with E-state index in [0.717, 1.165) is 49.6 Å². The third-order valence-electron chi connectivity index (χ3n) is 5.66. The van der Waals surface area contributed by atoms with Crippen LogP contribution in [0.4, 0.5) is 5.69 Å². The minimum absolute atomic E-state index is 0.117. The number of hydrogen-bond acceptors (Lipinski definition) is 2. The smallest absolute Gasteiger partial charge is 0.278 e. The number of benzene rings is 4. The maximum atomic E-state index is 12.2. The topological polar surface area (TPSA) is 58.9 Å². The van der Waals surface area contributed by atoms with Gasteiger partial charge in [0.25, 0.3) is 5.69 Å². The van der Waals surface area contributed by atoms with Crippen LogP contribution in [-0.2, 0) is 0 Å². The largest absolute Gasteiger partial charge is 0.354 e. The lowest BCUT2D eigenvalue weighted by atomic mass is 9.92. The summed E-state index contributed by atoms with van der Waals surface area (Å²) in [4.78, 5) is 15.5. The molecule has 0 radical (unpaired) electrons. The molecule has 30 heavy (non-hydrogen) atoms. The number of fused-ring (bicyclic) bond motifs is 3. The molecule has 1 aromatic heterocycles. The van der Waals surface area contributed by atoms with Crippen molar-refractivity contribution in [2.45, 2.75) is 13.8 Å². The monoisotopic (exact) mass is 392 g/mol. The number of rotatable bonds is 3. The van der Waals surface area contributed by atoms with Crippen LogP contribution in [-0.4, -0.2) is 9.91 Å². The lowest BCUT2D eigenvalue weighted by Gasteiger charge is -2.11. The summed E-state index contributed by atoms with van der Waals surface area (Å²) in [6, 6.07) is 25.7. The molecule has 0 aliphatic heterocycles. The van der Waals surface area contributed by atoms with Crippen molar-refractivity contribution in [3.05, 3.63) is 100 Å². The standard InChI is InChI=1S/C26H20N2O2/c1-16-7-11-18(12-8-16)21-15-23(28(29)30)24(19-13-9-17(2)10-14-19)25-20-5-3-4-6-22(20)27-26(21)25/h3-15,27H,1-2H3. The molecule has 4 nitrogen and oxygen atoms in total. The molecule has 1 N–H and O–H groups in total. The lowest BCUT2D eigenvalue weighted by molar-refractivity contribution is -0.384. The average Bonchev–Trinajstić information content (AvgIpc) is 3.13. The fraction of sp³-hybridized carbons (Fsp3) is 0.0769. The number of nitrogens with zero attached hydrogens (tertiary/aromatic N) is 1. The summed E-state index contributed by atoms with van der Waals surface area (Å²) in [6.45, 7) is 4.05. The van der Waals surface area contributed by atoms with Gasteiger partial charge in [-0.15, -0.1) is 0 Å². The molecule has 0 aliphatic rings. The number of nitro benzene ring substituents is 1. The van der Waals surface area contributed by atoms with Crippen LogP contribution in [0.1, 0.15) is 11.1 Å². The first-order valence-corrected chi connectivity index (χ1v) is 9.89. The number of hydrogen-bond donors (Lipinski definition) is 1. The van der Waals surface area contributed by atoms with E-state index in [4.69, 9.17) is 0 Å². The van der Waals surface area contributed by atoms with Crippen LogP contribution >= 0.6 is 0 Å². The van der Waals surface area contributed by atoms with Crippen LogP contribution in [0.25, 0.3) is 44.1 Å². The number of aromatic nitrogens is 1. The molecule has 0 spiro atoms. The first-order chi connectivity index (χ1) is 14.5. The zero-order valence-corrected chi connectivity index (χ0v) is 16.8. The molecule has 5 rings (SSSR count). The predicted octanol–water partition coefficient (Wildman–Crippen LogP) is 7.18. The van der Waals surface area contributed by atoms with Gasteiger partial charge in [0.2, 0.25) is 0 Å². The predicted molar refractivity (Wildman–Crippen MR) is 123 cm³/mol. The molecule has 5 aromatic rings. The summed E-state index contributed by atoms with van der Waals surface area (Å²) in [6.07, 6.45) is 0. The first-order valence-electron chi connectivity index (χ1n) is 9.89. The molecule has 0 aliphatic carbocycles. The van der Waals surface area contributed by atoms with E-state index < -0.39 is 0 Å². The molecule has 0 saturated heterocycles. The quantitative estimate of drug-likeness (QED) is 0.261. The zero-order chi connectivity index (χ0) is 20.8. The van der Waals surface area contributed by atoms with E-state index in [-0.39, 0.29) is 10.6 Å². The molecular formula is C26H20N2O2. The molecule has 0 unspecified atom stereocenters. The summed E-state index contributed by atoms with van der Waals surface area (Å²) in [5.74, 6) is 0. The second kappa shape index (κ2) is 6.85. The van der Waals surface area contributed by atoms with Gasteiger partial charge in [-0.25, -0.2) is 0 Å². The van der Waals surface area contributed by atoms with Gasteiger partial charge < -0.3 is 4.98 Å². The van der Waals surface area contributed by atoms with E-state index in [9.17, 15) is 10.1 Å². The van der Waals surface area contributed by atoms with E-state index in [1.54, 1.807) is 6.07 Å². The van der Waals surface area contributed by atoms with Gasteiger partial charge in [-0.05, 0) is 31.0 Å². The van der Waals surface area contributed by atoms with E-state index in [0.29, 0.717) is 5.56 Å². The highest BCUT2D eigenvalue weighted by molar-refractivity contribution is 6.20. The Morgan fingerprint density at radius 2 is 1.40 bits per heavy atom. The second-order valence-corrected chi connectivity index (χ2v) is 7.73. The van der Waals surface area contributed by atoms with E-state index in [2.05, 4.69) is 4.98 Å². The fourth-order valence-electron chi connectivity index (χ4n) is 4.13. The summed E-state index contributed by atoms with van der Waals surface area (Å²) < 4.78 is 0. The maximum Gasteiger partial charge on any atom is 0.278 e. The van der Waals surface area contributed by atoms with E-state index >= 15 is 0 Å². The summed E-state index contributed by atoms with van der Waals surface area (Å²) in [5.41, 5.74) is 7.56. The Labute approximate surface area is 174 Å². The third-order valence-corrected chi connectivity index (χ3v) is 5.66. The molecule has 0 saturated carbocycles. The van der Waals surface area contributed by atoms with Crippen molar-refractivity contribution >= 4 is 27.5 Å². The van der Waals surface area contributed by atoms with Gasteiger partial charge in [0.15, 0.2) is 0 Å². The maximum absolute atomic E-state index is 12.2. The van der Waals surface area contributed by atoms with Crippen molar-refractivity contribution in [3.63, 3.8) is 0 Å². The van der Waals surface area contributed by atoms with Crippen LogP contribution in [0.3, 0.4) is 0 Å². The highest BCUT2D eigenvalue weighted by Gasteiger charge is 2.25. The van der Waals surface area contributed by atoms with Crippen molar-refractivity contribution in [3.8, 4) is 22.3 Å². The summed E-state index contributed by atoms with van der Waals surface area (Å²) in [7, 11) is 0. The van der Waals surface area contributed by atoms with E-state index in [1.807, 2.05) is 86.6 Å². The minimum atomic E-state index is -0.270. The fourth-order valence-corrected chi connectivity index (χ4v) is 4.13. The number of nitrogens with one attached hydrogen (secondary N) is 1. The molecule has 0 amide bonds. The van der Waals surface area contributed by atoms with Gasteiger partial charge in [0, 0.05) is 27.9 Å². The Balaban J connectivity index is 1.97. The number of aryl methyl sites for hydroxylation is 2. The van der Waals surface area contributed by atoms with Gasteiger partial charge in [-0.1, -0.05) is 77.9 Å². The zero-order valence-electron chi connectivity index (χ0n) is 16.8. The summed E-state index contributed by atoms with van der Waals surface area (Å²) >= 11 is 0. The summed E-state index contributed by atoms with van der Waals surface area (Å²) in [5, 5.41) is 14.1. The van der Waals surface area contributed by atoms with Crippen LogP contribution < -0.4 is 0 Å². The van der Waals surface area contributed by atoms with Gasteiger partial charge in [0.1, 0.15) is 0 Å². The molecule has 1 heterocycles. The van der Waals surface area contributed by atoms with Crippen molar-refractivity contribution in [2.24, 2.45) is 0 Å². The van der Waals surface area contributed by atoms with Crippen molar-refractivity contribution in [2.75, 3.05) is 0 Å². The highest BCUT2D eigenvalue weighted by atomic mass is 16.6. The number of aromatic amines is 1. The Hall–Kier alpha value is -3.92. The molecule has 4 aromatic carbocycles. The van der Waals surface area contributed by atoms with Gasteiger partial charge >= 0.3 is 0 Å². The van der Waals surface area contributed by atoms with Gasteiger partial charge in [0.05, 0.1) is 16.0 Å². The number of nitro groups is 1. The normalized spacial score (nSPS) is 11.3. The van der Waals surface area contributed by atoms with Crippen molar-refractivity contribution in [1.82, 2.24) is 4.98 Å². The molecule has 0 atom stereocenters. The Bertz CT molecular complexity index is 1410. The van der Waals surface area contributed by atoms with Crippen LogP contribution in [0.5, 0.6) is 0 Å².